The minimum Gasteiger partial charge on any atom is -0.510 e. The molecule has 1 amide bonds. The van der Waals surface area contributed by atoms with Gasteiger partial charge in [0.1, 0.15) is 11.6 Å². The Labute approximate surface area is 112 Å². The highest BCUT2D eigenvalue weighted by molar-refractivity contribution is 5.91. The monoisotopic (exact) mass is 263 g/mol. The van der Waals surface area contributed by atoms with E-state index in [4.69, 9.17) is 0 Å². The van der Waals surface area contributed by atoms with E-state index in [9.17, 15) is 14.3 Å². The average Bonchev–Trinajstić information content (AvgIpc) is 2.58. The van der Waals surface area contributed by atoms with Gasteiger partial charge in [-0.25, -0.2) is 4.39 Å². The van der Waals surface area contributed by atoms with Crippen LogP contribution in [0.2, 0.25) is 0 Å². The summed E-state index contributed by atoms with van der Waals surface area (Å²) < 4.78 is 12.9. The molecule has 0 bridgehead atoms. The largest absolute Gasteiger partial charge is 0.510 e. The molecular weight excluding hydrogens is 245 g/mol. The summed E-state index contributed by atoms with van der Waals surface area (Å²) in [5.74, 6) is 0.0201. The van der Waals surface area contributed by atoms with Crippen LogP contribution in [0.25, 0.3) is 0 Å². The van der Waals surface area contributed by atoms with Crippen LogP contribution in [-0.2, 0) is 11.3 Å². The molecule has 1 N–H and O–H groups in total. The van der Waals surface area contributed by atoms with E-state index >= 15 is 0 Å². The Balaban J connectivity index is 2.13. The van der Waals surface area contributed by atoms with Gasteiger partial charge in [-0.1, -0.05) is 26.0 Å². The molecule has 0 spiro atoms. The second kappa shape index (κ2) is 5.43. The van der Waals surface area contributed by atoms with Gasteiger partial charge in [0.2, 0.25) is 0 Å². The number of hydrogen-bond acceptors (Lipinski definition) is 2. The first-order valence-corrected chi connectivity index (χ1v) is 6.43. The molecule has 0 aromatic heterocycles. The van der Waals surface area contributed by atoms with Gasteiger partial charge in [-0.2, -0.15) is 0 Å². The van der Waals surface area contributed by atoms with Gasteiger partial charge in [-0.15, -0.1) is 0 Å². The zero-order valence-electron chi connectivity index (χ0n) is 11.1. The van der Waals surface area contributed by atoms with Crippen LogP contribution in [0.4, 0.5) is 4.39 Å². The molecule has 1 aliphatic heterocycles. The Morgan fingerprint density at radius 1 is 1.32 bits per heavy atom. The Bertz CT molecular complexity index is 493. The molecule has 0 fully saturated rings. The first-order valence-electron chi connectivity index (χ1n) is 6.43. The van der Waals surface area contributed by atoms with Crippen molar-refractivity contribution in [2.75, 3.05) is 0 Å². The SMILES string of the molecule is CC(C)CC1C(O)=CC(=O)N1Cc1ccc(F)cc1. The number of nitrogens with zero attached hydrogens (tertiary/aromatic N) is 1. The summed E-state index contributed by atoms with van der Waals surface area (Å²) in [6.45, 7) is 4.48. The van der Waals surface area contributed by atoms with Gasteiger partial charge in [0.25, 0.3) is 5.91 Å². The lowest BCUT2D eigenvalue weighted by atomic mass is 10.0. The molecule has 1 heterocycles. The quantitative estimate of drug-likeness (QED) is 0.907. The highest BCUT2D eigenvalue weighted by Crippen LogP contribution is 2.25. The van der Waals surface area contributed by atoms with E-state index in [0.717, 1.165) is 12.0 Å². The molecule has 1 aromatic carbocycles. The summed E-state index contributed by atoms with van der Waals surface area (Å²) in [7, 11) is 0. The molecule has 1 aromatic rings. The molecule has 1 unspecified atom stereocenters. The maximum absolute atomic E-state index is 12.9. The molecule has 0 saturated heterocycles. The Morgan fingerprint density at radius 3 is 2.53 bits per heavy atom. The molecule has 0 radical (unpaired) electrons. The van der Waals surface area contributed by atoms with Gasteiger partial charge in [-0.05, 0) is 30.0 Å². The van der Waals surface area contributed by atoms with Crippen LogP contribution in [0, 0.1) is 11.7 Å². The minimum absolute atomic E-state index is 0.126. The van der Waals surface area contributed by atoms with Crippen molar-refractivity contribution in [3.8, 4) is 0 Å². The van der Waals surface area contributed by atoms with Crippen molar-refractivity contribution in [3.63, 3.8) is 0 Å². The Kier molecular flexibility index (Phi) is 3.88. The van der Waals surface area contributed by atoms with Gasteiger partial charge >= 0.3 is 0 Å². The number of benzene rings is 1. The lowest BCUT2D eigenvalue weighted by Gasteiger charge is -2.26. The highest BCUT2D eigenvalue weighted by Gasteiger charge is 2.32. The van der Waals surface area contributed by atoms with E-state index < -0.39 is 0 Å². The fourth-order valence-corrected chi connectivity index (χ4v) is 2.29. The van der Waals surface area contributed by atoms with Gasteiger partial charge in [-0.3, -0.25) is 4.79 Å². The van der Waals surface area contributed by atoms with Crippen molar-refractivity contribution in [1.82, 2.24) is 4.90 Å². The van der Waals surface area contributed by atoms with Crippen LogP contribution < -0.4 is 0 Å². The highest BCUT2D eigenvalue weighted by atomic mass is 19.1. The molecule has 102 valence electrons. The van der Waals surface area contributed by atoms with E-state index in [1.54, 1.807) is 17.0 Å². The van der Waals surface area contributed by atoms with Crippen LogP contribution in [0.1, 0.15) is 25.8 Å². The van der Waals surface area contributed by atoms with Crippen LogP contribution in [0.5, 0.6) is 0 Å². The summed E-state index contributed by atoms with van der Waals surface area (Å²) in [5.41, 5.74) is 0.853. The summed E-state index contributed by atoms with van der Waals surface area (Å²) in [6, 6.07) is 5.80. The van der Waals surface area contributed by atoms with Crippen LogP contribution >= 0.6 is 0 Å². The number of carbonyl (C=O) groups excluding carboxylic acids is 1. The summed E-state index contributed by atoms with van der Waals surface area (Å²) in [6.07, 6.45) is 1.99. The van der Waals surface area contributed by atoms with E-state index in [0.29, 0.717) is 12.5 Å². The maximum Gasteiger partial charge on any atom is 0.250 e. The normalized spacial score (nSPS) is 19.2. The molecule has 1 atom stereocenters. The number of rotatable bonds is 4. The van der Waals surface area contributed by atoms with Crippen LogP contribution in [0.15, 0.2) is 36.1 Å². The third-order valence-corrected chi connectivity index (χ3v) is 3.23. The zero-order valence-corrected chi connectivity index (χ0v) is 11.1. The number of halogens is 1. The van der Waals surface area contributed by atoms with Crippen LogP contribution in [0.3, 0.4) is 0 Å². The van der Waals surface area contributed by atoms with Gasteiger partial charge in [0.15, 0.2) is 0 Å². The molecule has 1 aliphatic rings. The zero-order chi connectivity index (χ0) is 14.0. The van der Waals surface area contributed by atoms with Crippen molar-refractivity contribution >= 4 is 5.91 Å². The topological polar surface area (TPSA) is 40.5 Å². The van der Waals surface area contributed by atoms with Crippen molar-refractivity contribution in [3.05, 3.63) is 47.5 Å². The molecule has 3 nitrogen and oxygen atoms in total. The predicted octanol–water partition coefficient (Wildman–Crippen LogP) is 3.02. The van der Waals surface area contributed by atoms with Gasteiger partial charge in [0.05, 0.1) is 6.04 Å². The van der Waals surface area contributed by atoms with Crippen molar-refractivity contribution < 1.29 is 14.3 Å². The van der Waals surface area contributed by atoms with Crippen molar-refractivity contribution in [2.24, 2.45) is 5.92 Å². The molecule has 0 saturated carbocycles. The van der Waals surface area contributed by atoms with Crippen molar-refractivity contribution in [1.29, 1.82) is 0 Å². The fourth-order valence-electron chi connectivity index (χ4n) is 2.29. The second-order valence-electron chi connectivity index (χ2n) is 5.31. The minimum atomic E-state index is -0.295. The predicted molar refractivity (Wildman–Crippen MR) is 70.9 cm³/mol. The molecule has 0 aliphatic carbocycles. The van der Waals surface area contributed by atoms with E-state index in [-0.39, 0.29) is 23.5 Å². The van der Waals surface area contributed by atoms with E-state index in [1.807, 2.05) is 13.8 Å². The second-order valence-corrected chi connectivity index (χ2v) is 5.31. The summed E-state index contributed by atoms with van der Waals surface area (Å²) >= 11 is 0. The Hall–Kier alpha value is -1.84. The number of aliphatic hydroxyl groups is 1. The van der Waals surface area contributed by atoms with Gasteiger partial charge in [0, 0.05) is 12.6 Å². The van der Waals surface area contributed by atoms with E-state index in [1.165, 1.54) is 18.2 Å². The number of hydrogen-bond donors (Lipinski definition) is 1. The lowest BCUT2D eigenvalue weighted by Crippen LogP contribution is -2.35. The molecular formula is C15H18FNO2. The number of carbonyl (C=O) groups is 1. The molecule has 2 rings (SSSR count). The van der Waals surface area contributed by atoms with E-state index in [2.05, 4.69) is 0 Å². The smallest absolute Gasteiger partial charge is 0.250 e. The van der Waals surface area contributed by atoms with Crippen molar-refractivity contribution in [2.45, 2.75) is 32.9 Å². The lowest BCUT2D eigenvalue weighted by molar-refractivity contribution is -0.127. The standard InChI is InChI=1S/C15H18FNO2/c1-10(2)7-13-14(18)8-15(19)17(13)9-11-3-5-12(16)6-4-11/h3-6,8,10,13,18H,7,9H2,1-2H3. The Morgan fingerprint density at radius 2 is 1.95 bits per heavy atom. The third kappa shape index (κ3) is 3.13. The molecule has 19 heavy (non-hydrogen) atoms. The average molecular weight is 263 g/mol. The first kappa shape index (κ1) is 13.6. The number of aliphatic hydroxyl groups excluding tert-OH is 1. The summed E-state index contributed by atoms with van der Waals surface area (Å²) in [4.78, 5) is 13.5. The first-order chi connectivity index (χ1) is 8.97. The number of amides is 1. The maximum atomic E-state index is 12.9. The molecule has 4 heteroatoms. The summed E-state index contributed by atoms with van der Waals surface area (Å²) in [5, 5.41) is 9.84. The van der Waals surface area contributed by atoms with Gasteiger partial charge < -0.3 is 10.0 Å². The fraction of sp³-hybridized carbons (Fsp3) is 0.400. The third-order valence-electron chi connectivity index (χ3n) is 3.23. The van der Waals surface area contributed by atoms with Crippen LogP contribution in [-0.4, -0.2) is 22.0 Å².